The van der Waals surface area contributed by atoms with Gasteiger partial charge in [0.15, 0.2) is 11.9 Å². The lowest BCUT2D eigenvalue weighted by molar-refractivity contribution is -0.122. The number of carbonyl (C=O) groups excluding carboxylic acids is 1. The van der Waals surface area contributed by atoms with E-state index in [1.807, 2.05) is 19.9 Å². The normalized spacial score (nSPS) is 12.0. The Morgan fingerprint density at radius 1 is 1.41 bits per heavy atom. The number of aromatic nitrogens is 1. The summed E-state index contributed by atoms with van der Waals surface area (Å²) in [5.74, 6) is 1.38. The van der Waals surface area contributed by atoms with Crippen LogP contribution in [-0.2, 0) is 11.2 Å². The molecular weight excluding hydrogens is 304 g/mol. The number of rotatable bonds is 6. The van der Waals surface area contributed by atoms with Crippen LogP contribution in [0.1, 0.15) is 31.6 Å². The van der Waals surface area contributed by atoms with E-state index in [4.69, 9.17) is 20.9 Å². The molecule has 0 aliphatic rings. The fourth-order valence-electron chi connectivity index (χ4n) is 2.01. The molecule has 0 aliphatic heterocycles. The van der Waals surface area contributed by atoms with Crippen LogP contribution >= 0.6 is 11.6 Å². The molecule has 6 heteroatoms. The molecule has 118 valence electrons. The Hall–Kier alpha value is -2.01. The molecule has 0 bridgehead atoms. The fourth-order valence-corrected chi connectivity index (χ4v) is 2.27. The first kappa shape index (κ1) is 16.4. The van der Waals surface area contributed by atoms with Gasteiger partial charge in [-0.3, -0.25) is 4.79 Å². The summed E-state index contributed by atoms with van der Waals surface area (Å²) in [5, 5.41) is 7.12. The number of hydrogen-bond donors (Lipinski definition) is 1. The molecule has 0 radical (unpaired) electrons. The van der Waals surface area contributed by atoms with Gasteiger partial charge in [0.2, 0.25) is 0 Å². The lowest BCUT2D eigenvalue weighted by atomic mass is 10.1. The molecular formula is C16H19ClN2O3. The van der Waals surface area contributed by atoms with Crippen LogP contribution < -0.4 is 10.1 Å². The molecule has 0 saturated carbocycles. The van der Waals surface area contributed by atoms with E-state index in [9.17, 15) is 4.79 Å². The van der Waals surface area contributed by atoms with Crippen molar-refractivity contribution in [2.45, 2.75) is 39.7 Å². The van der Waals surface area contributed by atoms with Crippen molar-refractivity contribution >= 4 is 23.3 Å². The number of benzene rings is 1. The van der Waals surface area contributed by atoms with Gasteiger partial charge < -0.3 is 14.6 Å². The summed E-state index contributed by atoms with van der Waals surface area (Å²) >= 11 is 6.09. The largest absolute Gasteiger partial charge is 0.481 e. The van der Waals surface area contributed by atoms with E-state index < -0.39 is 6.10 Å². The second-order valence-electron chi connectivity index (χ2n) is 4.93. The van der Waals surface area contributed by atoms with Gasteiger partial charge >= 0.3 is 0 Å². The third kappa shape index (κ3) is 4.01. The highest BCUT2D eigenvalue weighted by Gasteiger charge is 2.20. The number of nitrogens with one attached hydrogen (secondary N) is 1. The molecule has 2 rings (SSSR count). The highest BCUT2D eigenvalue weighted by molar-refractivity contribution is 6.31. The second-order valence-corrected chi connectivity index (χ2v) is 5.34. The SMILES string of the molecule is CCc1cc(O[C@@H](CC)C(=O)Nc2cc(C)on2)ccc1Cl. The third-order valence-corrected chi connectivity index (χ3v) is 3.59. The van der Waals surface area contributed by atoms with E-state index >= 15 is 0 Å². The fraction of sp³-hybridized carbons (Fsp3) is 0.375. The Labute approximate surface area is 134 Å². The van der Waals surface area contributed by atoms with E-state index in [2.05, 4.69) is 10.5 Å². The number of hydrogen-bond acceptors (Lipinski definition) is 4. The standard InChI is InChI=1S/C16H19ClN2O3/c1-4-11-9-12(6-7-13(11)17)21-14(5-2)16(20)18-15-8-10(3)22-19-15/h6-9,14H,4-5H2,1-3H3,(H,18,19,20)/t14-/m0/s1. The van der Waals surface area contributed by atoms with Crippen molar-refractivity contribution in [3.63, 3.8) is 0 Å². The zero-order valence-electron chi connectivity index (χ0n) is 12.9. The summed E-state index contributed by atoms with van der Waals surface area (Å²) in [6.07, 6.45) is 0.729. The van der Waals surface area contributed by atoms with Crippen molar-refractivity contribution in [3.8, 4) is 5.75 Å². The lowest BCUT2D eigenvalue weighted by Crippen LogP contribution is -2.32. The minimum atomic E-state index is -0.608. The molecule has 1 aromatic carbocycles. The molecule has 0 saturated heterocycles. The molecule has 22 heavy (non-hydrogen) atoms. The molecule has 0 spiro atoms. The van der Waals surface area contributed by atoms with Crippen molar-refractivity contribution in [1.29, 1.82) is 0 Å². The Kier molecular flexibility index (Phi) is 5.44. The number of aryl methyl sites for hydroxylation is 2. The van der Waals surface area contributed by atoms with Crippen LogP contribution in [0.5, 0.6) is 5.75 Å². The highest BCUT2D eigenvalue weighted by Crippen LogP contribution is 2.24. The third-order valence-electron chi connectivity index (χ3n) is 3.22. The summed E-state index contributed by atoms with van der Waals surface area (Å²) < 4.78 is 10.7. The number of ether oxygens (including phenoxy) is 1. The molecule has 5 nitrogen and oxygen atoms in total. The minimum Gasteiger partial charge on any atom is -0.481 e. The Morgan fingerprint density at radius 2 is 2.18 bits per heavy atom. The van der Waals surface area contributed by atoms with Gasteiger partial charge in [-0.15, -0.1) is 0 Å². The lowest BCUT2D eigenvalue weighted by Gasteiger charge is -2.17. The second kappa shape index (κ2) is 7.31. The van der Waals surface area contributed by atoms with Crippen LogP contribution in [0.3, 0.4) is 0 Å². The first-order valence-electron chi connectivity index (χ1n) is 7.22. The monoisotopic (exact) mass is 322 g/mol. The predicted molar refractivity (Wildman–Crippen MR) is 85.4 cm³/mol. The molecule has 1 heterocycles. The Balaban J connectivity index is 2.06. The molecule has 1 aromatic heterocycles. The van der Waals surface area contributed by atoms with E-state index in [1.54, 1.807) is 25.1 Å². The topological polar surface area (TPSA) is 64.4 Å². The van der Waals surface area contributed by atoms with Crippen LogP contribution in [0, 0.1) is 6.92 Å². The summed E-state index contributed by atoms with van der Waals surface area (Å²) in [5.41, 5.74) is 0.988. The molecule has 2 aromatic rings. The van der Waals surface area contributed by atoms with Gasteiger partial charge in [-0.05, 0) is 43.5 Å². The van der Waals surface area contributed by atoms with Gasteiger partial charge in [0, 0.05) is 11.1 Å². The van der Waals surface area contributed by atoms with Gasteiger partial charge in [0.25, 0.3) is 5.91 Å². The zero-order chi connectivity index (χ0) is 16.1. The molecule has 1 atom stereocenters. The summed E-state index contributed by atoms with van der Waals surface area (Å²) in [6.45, 7) is 5.66. The molecule has 0 unspecified atom stereocenters. The summed E-state index contributed by atoms with van der Waals surface area (Å²) in [6, 6.07) is 7.06. The Bertz CT molecular complexity index is 655. The first-order valence-corrected chi connectivity index (χ1v) is 7.60. The number of halogens is 1. The van der Waals surface area contributed by atoms with Crippen LogP contribution in [0.2, 0.25) is 5.02 Å². The molecule has 0 aliphatic carbocycles. The molecule has 1 amide bonds. The number of amides is 1. The number of carbonyl (C=O) groups is 1. The maximum absolute atomic E-state index is 12.2. The van der Waals surface area contributed by atoms with Crippen LogP contribution in [0.15, 0.2) is 28.8 Å². The average Bonchev–Trinajstić information content (AvgIpc) is 2.91. The van der Waals surface area contributed by atoms with E-state index in [0.29, 0.717) is 28.8 Å². The zero-order valence-corrected chi connectivity index (χ0v) is 13.6. The smallest absolute Gasteiger partial charge is 0.266 e. The van der Waals surface area contributed by atoms with Gasteiger partial charge in [0.05, 0.1) is 0 Å². The summed E-state index contributed by atoms with van der Waals surface area (Å²) in [4.78, 5) is 12.2. The summed E-state index contributed by atoms with van der Waals surface area (Å²) in [7, 11) is 0. The van der Waals surface area contributed by atoms with E-state index in [-0.39, 0.29) is 5.91 Å². The van der Waals surface area contributed by atoms with Gasteiger partial charge in [0.1, 0.15) is 11.5 Å². The molecule has 1 N–H and O–H groups in total. The highest BCUT2D eigenvalue weighted by atomic mass is 35.5. The predicted octanol–water partition coefficient (Wildman–Crippen LogP) is 3.99. The van der Waals surface area contributed by atoms with Crippen LogP contribution in [-0.4, -0.2) is 17.2 Å². The Morgan fingerprint density at radius 3 is 2.77 bits per heavy atom. The minimum absolute atomic E-state index is 0.260. The number of anilines is 1. The first-order chi connectivity index (χ1) is 10.5. The van der Waals surface area contributed by atoms with Crippen LogP contribution in [0.4, 0.5) is 5.82 Å². The van der Waals surface area contributed by atoms with Crippen molar-refractivity contribution < 1.29 is 14.1 Å². The molecule has 0 fully saturated rings. The van der Waals surface area contributed by atoms with Crippen LogP contribution in [0.25, 0.3) is 0 Å². The van der Waals surface area contributed by atoms with E-state index in [0.717, 1.165) is 12.0 Å². The van der Waals surface area contributed by atoms with Gasteiger partial charge in [-0.25, -0.2) is 0 Å². The van der Waals surface area contributed by atoms with E-state index in [1.165, 1.54) is 0 Å². The van der Waals surface area contributed by atoms with Crippen molar-refractivity contribution in [2.24, 2.45) is 0 Å². The van der Waals surface area contributed by atoms with Crippen molar-refractivity contribution in [1.82, 2.24) is 5.16 Å². The quantitative estimate of drug-likeness (QED) is 0.873. The maximum atomic E-state index is 12.2. The van der Waals surface area contributed by atoms with Gasteiger partial charge in [-0.1, -0.05) is 30.6 Å². The van der Waals surface area contributed by atoms with Crippen molar-refractivity contribution in [2.75, 3.05) is 5.32 Å². The van der Waals surface area contributed by atoms with Crippen molar-refractivity contribution in [3.05, 3.63) is 40.6 Å². The average molecular weight is 323 g/mol. The number of nitrogens with zero attached hydrogens (tertiary/aromatic N) is 1. The van der Waals surface area contributed by atoms with Gasteiger partial charge in [-0.2, -0.15) is 0 Å². The maximum Gasteiger partial charge on any atom is 0.266 e.